The Hall–Kier alpha value is -3.79. The van der Waals surface area contributed by atoms with Gasteiger partial charge in [-0.25, -0.2) is 4.39 Å². The van der Waals surface area contributed by atoms with Crippen LogP contribution in [0.4, 0.5) is 4.39 Å². The molecule has 0 radical (unpaired) electrons. The summed E-state index contributed by atoms with van der Waals surface area (Å²) in [5.41, 5.74) is 0.271. The molecular weight excluding hydrogens is 419 g/mol. The molecule has 0 aliphatic rings. The molecule has 2 atom stereocenters. The maximum Gasteiger partial charge on any atom is 0.311 e. The fraction of sp³-hybridized carbons (Fsp3) is 0.273. The third kappa shape index (κ3) is 5.27. The van der Waals surface area contributed by atoms with Crippen molar-refractivity contribution in [3.8, 4) is 11.1 Å². The number of aromatic nitrogens is 3. The lowest BCUT2D eigenvalue weighted by atomic mass is 9.82. The van der Waals surface area contributed by atoms with Crippen LogP contribution in [0.3, 0.4) is 0 Å². The molecule has 2 aromatic carbocycles. The Morgan fingerprint density at radius 3 is 2.44 bits per heavy atom. The zero-order valence-corrected chi connectivity index (χ0v) is 17.3. The van der Waals surface area contributed by atoms with Crippen LogP contribution < -0.4 is 5.32 Å². The zero-order chi connectivity index (χ0) is 23.3. The minimum Gasteiger partial charge on any atom is -0.481 e. The minimum atomic E-state index is -1.49. The van der Waals surface area contributed by atoms with Gasteiger partial charge in [0.15, 0.2) is 5.69 Å². The first kappa shape index (κ1) is 22.9. The minimum absolute atomic E-state index is 0.0626. The van der Waals surface area contributed by atoms with Crippen LogP contribution in [0.25, 0.3) is 11.1 Å². The van der Waals surface area contributed by atoms with Crippen molar-refractivity contribution in [2.75, 3.05) is 6.61 Å². The first-order chi connectivity index (χ1) is 15.2. The molecular formula is C22H23FN4O5. The second-order valence-electron chi connectivity index (χ2n) is 7.80. The summed E-state index contributed by atoms with van der Waals surface area (Å²) in [6, 6.07) is 12.7. The Morgan fingerprint density at radius 2 is 1.88 bits per heavy atom. The molecule has 0 saturated heterocycles. The van der Waals surface area contributed by atoms with Crippen LogP contribution >= 0.6 is 0 Å². The third-order valence-electron chi connectivity index (χ3n) is 5.23. The number of hydrogen-bond donors (Lipinski definition) is 4. The lowest BCUT2D eigenvalue weighted by Gasteiger charge is -2.28. The molecule has 0 saturated carbocycles. The number of hydrogen-bond acceptors (Lipinski definition) is 6. The lowest BCUT2D eigenvalue weighted by Crippen LogP contribution is -2.44. The van der Waals surface area contributed by atoms with Crippen molar-refractivity contribution in [3.05, 3.63) is 71.8 Å². The SMILES string of the molecule is C[C@@](CO)(C[C@@H](Cc1ccc(-c2ccccc2F)cc1)NC(=O)c1cn(O)nn1)C(=O)O. The van der Waals surface area contributed by atoms with Crippen LogP contribution in [0.2, 0.25) is 0 Å². The fourth-order valence-corrected chi connectivity index (χ4v) is 3.36. The van der Waals surface area contributed by atoms with Crippen LogP contribution in [-0.4, -0.2) is 55.1 Å². The van der Waals surface area contributed by atoms with E-state index in [4.69, 9.17) is 0 Å². The van der Waals surface area contributed by atoms with Crippen molar-refractivity contribution in [2.24, 2.45) is 5.41 Å². The summed E-state index contributed by atoms with van der Waals surface area (Å²) in [6.07, 6.45) is 1.20. The molecule has 32 heavy (non-hydrogen) atoms. The number of halogens is 1. The molecule has 0 spiro atoms. The standard InChI is InChI=1S/C22H23FN4O5/c1-22(13-28,21(30)31)11-16(24-20(29)19-12-27(32)26-25-19)10-14-6-8-15(9-7-14)17-4-2-3-5-18(17)23/h2-9,12,16,28,32H,10-11,13H2,1H3,(H,24,29)(H,30,31)/t16-,22+/m1/s1. The predicted octanol–water partition coefficient (Wildman–Crippen LogP) is 2.14. The summed E-state index contributed by atoms with van der Waals surface area (Å²) in [6.45, 7) is 0.771. The monoisotopic (exact) mass is 442 g/mol. The molecule has 0 fully saturated rings. The molecule has 9 nitrogen and oxygen atoms in total. The van der Waals surface area contributed by atoms with Gasteiger partial charge in [-0.2, -0.15) is 0 Å². The van der Waals surface area contributed by atoms with Crippen LogP contribution in [0.15, 0.2) is 54.7 Å². The first-order valence-corrected chi connectivity index (χ1v) is 9.82. The average molecular weight is 442 g/mol. The van der Waals surface area contributed by atoms with Gasteiger partial charge in [-0.3, -0.25) is 9.59 Å². The van der Waals surface area contributed by atoms with Crippen molar-refractivity contribution in [1.29, 1.82) is 0 Å². The van der Waals surface area contributed by atoms with Crippen molar-refractivity contribution in [3.63, 3.8) is 0 Å². The molecule has 3 aromatic rings. The second kappa shape index (κ2) is 9.56. The number of nitrogens with zero attached hydrogens (tertiary/aromatic N) is 3. The van der Waals surface area contributed by atoms with E-state index in [1.165, 1.54) is 13.0 Å². The Labute approximate surface area is 183 Å². The van der Waals surface area contributed by atoms with Gasteiger partial charge < -0.3 is 20.7 Å². The molecule has 10 heteroatoms. The number of nitrogens with one attached hydrogen (secondary N) is 1. The molecule has 0 unspecified atom stereocenters. The van der Waals surface area contributed by atoms with E-state index in [-0.39, 0.29) is 24.4 Å². The molecule has 0 bridgehead atoms. The highest BCUT2D eigenvalue weighted by molar-refractivity contribution is 5.92. The zero-order valence-electron chi connectivity index (χ0n) is 17.3. The molecule has 0 aliphatic carbocycles. The van der Waals surface area contributed by atoms with E-state index >= 15 is 0 Å². The molecule has 1 aromatic heterocycles. The van der Waals surface area contributed by atoms with Gasteiger partial charge in [0, 0.05) is 11.6 Å². The van der Waals surface area contributed by atoms with Crippen LogP contribution in [0.5, 0.6) is 0 Å². The largest absolute Gasteiger partial charge is 0.481 e. The van der Waals surface area contributed by atoms with Gasteiger partial charge in [-0.05, 0) is 42.2 Å². The van der Waals surface area contributed by atoms with Gasteiger partial charge in [0.05, 0.1) is 18.2 Å². The Morgan fingerprint density at radius 1 is 1.19 bits per heavy atom. The quantitative estimate of drug-likeness (QED) is 0.373. The van der Waals surface area contributed by atoms with E-state index in [2.05, 4.69) is 15.6 Å². The molecule has 4 N–H and O–H groups in total. The number of carboxylic acids is 1. The predicted molar refractivity (Wildman–Crippen MR) is 111 cm³/mol. The van der Waals surface area contributed by atoms with Crippen molar-refractivity contribution < 1.29 is 29.4 Å². The topological polar surface area (TPSA) is 138 Å². The van der Waals surface area contributed by atoms with E-state index in [9.17, 15) is 29.4 Å². The van der Waals surface area contributed by atoms with E-state index < -0.39 is 29.9 Å². The fourth-order valence-electron chi connectivity index (χ4n) is 3.36. The molecule has 0 aliphatic heterocycles. The maximum atomic E-state index is 14.0. The first-order valence-electron chi connectivity index (χ1n) is 9.82. The number of aliphatic hydroxyl groups is 1. The lowest BCUT2D eigenvalue weighted by molar-refractivity contribution is -0.151. The highest BCUT2D eigenvalue weighted by Gasteiger charge is 2.36. The molecule has 1 amide bonds. The molecule has 3 rings (SSSR count). The van der Waals surface area contributed by atoms with Crippen molar-refractivity contribution in [2.45, 2.75) is 25.8 Å². The second-order valence-corrected chi connectivity index (χ2v) is 7.80. The van der Waals surface area contributed by atoms with Gasteiger partial charge in [-0.15, -0.1) is 5.10 Å². The highest BCUT2D eigenvalue weighted by Crippen LogP contribution is 2.26. The summed E-state index contributed by atoms with van der Waals surface area (Å²) < 4.78 is 14.0. The highest BCUT2D eigenvalue weighted by atomic mass is 19.1. The van der Waals surface area contributed by atoms with Crippen LogP contribution in [0, 0.1) is 11.2 Å². The van der Waals surface area contributed by atoms with Gasteiger partial charge >= 0.3 is 5.97 Å². The number of aliphatic carboxylic acids is 1. The Kier molecular flexibility index (Phi) is 6.84. The summed E-state index contributed by atoms with van der Waals surface area (Å²) >= 11 is 0. The Bertz CT molecular complexity index is 1100. The van der Waals surface area contributed by atoms with Crippen LogP contribution in [0.1, 0.15) is 29.4 Å². The Balaban J connectivity index is 1.82. The smallest absolute Gasteiger partial charge is 0.311 e. The van der Waals surface area contributed by atoms with Gasteiger partial charge in [0.25, 0.3) is 5.91 Å². The number of benzene rings is 2. The van der Waals surface area contributed by atoms with E-state index in [0.717, 1.165) is 11.8 Å². The van der Waals surface area contributed by atoms with Crippen LogP contribution in [-0.2, 0) is 11.2 Å². The number of rotatable bonds is 9. The average Bonchev–Trinajstić information content (AvgIpc) is 3.21. The number of aliphatic hydroxyl groups excluding tert-OH is 1. The van der Waals surface area contributed by atoms with E-state index in [1.54, 1.807) is 42.5 Å². The number of carboxylic acid groups (broad SMARTS) is 1. The van der Waals surface area contributed by atoms with Crippen molar-refractivity contribution >= 4 is 11.9 Å². The molecule has 168 valence electrons. The summed E-state index contributed by atoms with van der Waals surface area (Å²) in [4.78, 5) is 24.5. The van der Waals surface area contributed by atoms with Gasteiger partial charge in [0.2, 0.25) is 0 Å². The third-order valence-corrected chi connectivity index (χ3v) is 5.23. The maximum absolute atomic E-state index is 14.0. The van der Waals surface area contributed by atoms with Gasteiger partial charge in [0.1, 0.15) is 5.82 Å². The summed E-state index contributed by atoms with van der Waals surface area (Å²) in [5.74, 6) is -2.19. The van der Waals surface area contributed by atoms with E-state index in [0.29, 0.717) is 16.0 Å². The van der Waals surface area contributed by atoms with Gasteiger partial charge in [-0.1, -0.05) is 47.3 Å². The number of carbonyl (C=O) groups excluding carboxylic acids is 1. The normalized spacial score (nSPS) is 13.8. The summed E-state index contributed by atoms with van der Waals surface area (Å²) in [7, 11) is 0. The summed E-state index contributed by atoms with van der Waals surface area (Å²) in [5, 5.41) is 37.9. The number of amides is 1. The molecule has 1 heterocycles. The van der Waals surface area contributed by atoms with Crippen molar-refractivity contribution in [1.82, 2.24) is 20.5 Å². The van der Waals surface area contributed by atoms with E-state index in [1.807, 2.05) is 0 Å². The number of carbonyl (C=O) groups is 2.